The van der Waals surface area contributed by atoms with Gasteiger partial charge < -0.3 is 4.74 Å². The number of hydroxylamine groups is 2. The van der Waals surface area contributed by atoms with Crippen molar-refractivity contribution in [2.75, 3.05) is 20.3 Å². The van der Waals surface area contributed by atoms with E-state index in [1.54, 1.807) is 7.11 Å². The minimum atomic E-state index is 0.00778. The van der Waals surface area contributed by atoms with Crippen LogP contribution in [0.3, 0.4) is 0 Å². The lowest BCUT2D eigenvalue weighted by atomic mass is 10.1. The molecule has 1 amide bonds. The maximum atomic E-state index is 11.9. The molecule has 1 saturated heterocycles. The van der Waals surface area contributed by atoms with E-state index in [2.05, 4.69) is 0 Å². The van der Waals surface area contributed by atoms with Crippen LogP contribution < -0.4 is 4.74 Å². The van der Waals surface area contributed by atoms with Gasteiger partial charge in [-0.15, -0.1) is 0 Å². The molecule has 2 rings (SSSR count). The highest BCUT2D eigenvalue weighted by atomic mass is 16.7. The number of benzene rings is 1. The Bertz CT molecular complexity index is 411. The van der Waals surface area contributed by atoms with Crippen LogP contribution in [-0.2, 0) is 16.1 Å². The average molecular weight is 235 g/mol. The van der Waals surface area contributed by atoms with Gasteiger partial charge in [-0.05, 0) is 30.5 Å². The van der Waals surface area contributed by atoms with Crippen LogP contribution in [0.25, 0.3) is 0 Å². The maximum Gasteiger partial charge on any atom is 0.250 e. The summed E-state index contributed by atoms with van der Waals surface area (Å²) < 4.78 is 5.24. The third-order valence-corrected chi connectivity index (χ3v) is 2.86. The first kappa shape index (κ1) is 11.9. The molecule has 0 unspecified atom stereocenters. The number of aryl methyl sites for hydroxylation is 1. The van der Waals surface area contributed by atoms with E-state index in [1.807, 2.05) is 25.1 Å². The zero-order valence-electron chi connectivity index (χ0n) is 10.2. The Kier molecular flexibility index (Phi) is 3.64. The second-order valence-electron chi connectivity index (χ2n) is 4.16. The summed E-state index contributed by atoms with van der Waals surface area (Å²) in [4.78, 5) is 17.1. The van der Waals surface area contributed by atoms with Gasteiger partial charge in [0.1, 0.15) is 5.75 Å². The van der Waals surface area contributed by atoms with Crippen molar-refractivity contribution in [2.24, 2.45) is 0 Å². The number of hydrogen-bond acceptors (Lipinski definition) is 3. The summed E-state index contributed by atoms with van der Waals surface area (Å²) in [5.41, 5.74) is 2.02. The molecule has 1 aliphatic rings. The van der Waals surface area contributed by atoms with Crippen molar-refractivity contribution in [3.05, 3.63) is 29.3 Å². The molecule has 1 fully saturated rings. The molecule has 4 heteroatoms. The van der Waals surface area contributed by atoms with E-state index < -0.39 is 0 Å². The Balaban J connectivity index is 2.05. The Labute approximate surface area is 101 Å². The lowest BCUT2D eigenvalue weighted by Gasteiger charge is -2.14. The van der Waals surface area contributed by atoms with Gasteiger partial charge in [0.05, 0.1) is 26.7 Å². The minimum Gasteiger partial charge on any atom is -0.496 e. The molecule has 0 radical (unpaired) electrons. The van der Waals surface area contributed by atoms with E-state index in [0.29, 0.717) is 19.6 Å². The van der Waals surface area contributed by atoms with Crippen LogP contribution >= 0.6 is 0 Å². The molecule has 0 spiro atoms. The van der Waals surface area contributed by atoms with Crippen molar-refractivity contribution in [3.8, 4) is 5.75 Å². The predicted molar refractivity (Wildman–Crippen MR) is 63.7 cm³/mol. The first-order chi connectivity index (χ1) is 8.20. The maximum absolute atomic E-state index is 11.9. The molecule has 1 aromatic rings. The van der Waals surface area contributed by atoms with Gasteiger partial charge in [-0.25, -0.2) is 5.06 Å². The van der Waals surface area contributed by atoms with Gasteiger partial charge in [0, 0.05) is 0 Å². The number of carbonyl (C=O) groups is 1. The third kappa shape index (κ3) is 2.77. The van der Waals surface area contributed by atoms with Crippen LogP contribution in [0.1, 0.15) is 17.5 Å². The molecule has 4 nitrogen and oxygen atoms in total. The molecule has 0 N–H and O–H groups in total. The highest BCUT2D eigenvalue weighted by Crippen LogP contribution is 2.20. The van der Waals surface area contributed by atoms with E-state index in [0.717, 1.165) is 23.3 Å². The van der Waals surface area contributed by atoms with Crippen molar-refractivity contribution in [3.63, 3.8) is 0 Å². The number of hydrogen-bond donors (Lipinski definition) is 0. The zero-order chi connectivity index (χ0) is 12.3. The van der Waals surface area contributed by atoms with E-state index in [-0.39, 0.29) is 5.91 Å². The fraction of sp³-hybridized carbons (Fsp3) is 0.462. The van der Waals surface area contributed by atoms with Gasteiger partial charge in [-0.3, -0.25) is 9.63 Å². The van der Waals surface area contributed by atoms with Crippen molar-refractivity contribution in [1.29, 1.82) is 0 Å². The van der Waals surface area contributed by atoms with Gasteiger partial charge in [-0.2, -0.15) is 0 Å². The van der Waals surface area contributed by atoms with E-state index >= 15 is 0 Å². The largest absolute Gasteiger partial charge is 0.496 e. The zero-order valence-corrected chi connectivity index (χ0v) is 10.2. The van der Waals surface area contributed by atoms with E-state index in [4.69, 9.17) is 9.57 Å². The Hall–Kier alpha value is -1.55. The van der Waals surface area contributed by atoms with Crippen LogP contribution in [0.4, 0.5) is 0 Å². The summed E-state index contributed by atoms with van der Waals surface area (Å²) in [7, 11) is 1.64. The SMILES string of the molecule is COc1cc(CC(=O)N2CCCO2)ccc1C. The number of nitrogens with zero attached hydrogens (tertiary/aromatic N) is 1. The van der Waals surface area contributed by atoms with Crippen molar-refractivity contribution < 1.29 is 14.4 Å². The normalized spacial score (nSPS) is 15.1. The van der Waals surface area contributed by atoms with Gasteiger partial charge in [-0.1, -0.05) is 12.1 Å². The molecule has 17 heavy (non-hydrogen) atoms. The molecule has 1 aliphatic heterocycles. The molecule has 0 saturated carbocycles. The van der Waals surface area contributed by atoms with Crippen LogP contribution in [0.15, 0.2) is 18.2 Å². The number of rotatable bonds is 3. The molecule has 1 aromatic carbocycles. The average Bonchev–Trinajstić information content (AvgIpc) is 2.85. The summed E-state index contributed by atoms with van der Waals surface area (Å²) in [6.45, 7) is 3.32. The summed E-state index contributed by atoms with van der Waals surface area (Å²) in [6, 6.07) is 5.82. The lowest BCUT2D eigenvalue weighted by Crippen LogP contribution is -2.27. The van der Waals surface area contributed by atoms with Crippen LogP contribution in [0.2, 0.25) is 0 Å². The molecule has 92 valence electrons. The molecule has 0 atom stereocenters. The fourth-order valence-electron chi connectivity index (χ4n) is 1.88. The Morgan fingerprint density at radius 3 is 3.00 bits per heavy atom. The molecule has 0 bridgehead atoms. The number of carbonyl (C=O) groups excluding carboxylic acids is 1. The summed E-state index contributed by atoms with van der Waals surface area (Å²) in [6.07, 6.45) is 1.28. The standard InChI is InChI=1S/C13H17NO3/c1-10-4-5-11(8-12(10)16-2)9-13(15)14-6-3-7-17-14/h4-5,8H,3,6-7,9H2,1-2H3. The van der Waals surface area contributed by atoms with Gasteiger partial charge in [0.15, 0.2) is 0 Å². The number of methoxy groups -OCH3 is 1. The van der Waals surface area contributed by atoms with Crippen molar-refractivity contribution >= 4 is 5.91 Å². The second-order valence-corrected chi connectivity index (χ2v) is 4.16. The van der Waals surface area contributed by atoms with Gasteiger partial charge in [0.25, 0.3) is 5.91 Å². The minimum absolute atomic E-state index is 0.00778. The van der Waals surface area contributed by atoms with Crippen molar-refractivity contribution in [2.45, 2.75) is 19.8 Å². The third-order valence-electron chi connectivity index (χ3n) is 2.86. The van der Waals surface area contributed by atoms with Gasteiger partial charge in [0.2, 0.25) is 0 Å². The highest BCUT2D eigenvalue weighted by Gasteiger charge is 2.19. The number of amides is 1. The molecule has 1 heterocycles. The highest BCUT2D eigenvalue weighted by molar-refractivity contribution is 5.78. The van der Waals surface area contributed by atoms with Crippen LogP contribution in [0, 0.1) is 6.92 Å². The Morgan fingerprint density at radius 2 is 2.35 bits per heavy atom. The van der Waals surface area contributed by atoms with E-state index in [1.165, 1.54) is 5.06 Å². The Morgan fingerprint density at radius 1 is 1.53 bits per heavy atom. The summed E-state index contributed by atoms with van der Waals surface area (Å²) >= 11 is 0. The topological polar surface area (TPSA) is 38.8 Å². The molecule has 0 aliphatic carbocycles. The first-order valence-corrected chi connectivity index (χ1v) is 5.77. The van der Waals surface area contributed by atoms with E-state index in [9.17, 15) is 4.79 Å². The predicted octanol–water partition coefficient (Wildman–Crippen LogP) is 1.71. The van der Waals surface area contributed by atoms with Gasteiger partial charge >= 0.3 is 0 Å². The number of ether oxygens (including phenoxy) is 1. The lowest BCUT2D eigenvalue weighted by molar-refractivity contribution is -0.167. The molecular weight excluding hydrogens is 218 g/mol. The van der Waals surface area contributed by atoms with Crippen LogP contribution in [-0.4, -0.2) is 31.2 Å². The fourth-order valence-corrected chi connectivity index (χ4v) is 1.88. The first-order valence-electron chi connectivity index (χ1n) is 5.77. The summed E-state index contributed by atoms with van der Waals surface area (Å²) in [5, 5.41) is 1.45. The monoisotopic (exact) mass is 235 g/mol. The molecule has 0 aromatic heterocycles. The van der Waals surface area contributed by atoms with Crippen molar-refractivity contribution in [1.82, 2.24) is 5.06 Å². The summed E-state index contributed by atoms with van der Waals surface area (Å²) in [5.74, 6) is 0.825. The quantitative estimate of drug-likeness (QED) is 0.800. The van der Waals surface area contributed by atoms with Crippen LogP contribution in [0.5, 0.6) is 5.75 Å². The molecular formula is C13H17NO3. The second kappa shape index (κ2) is 5.19. The smallest absolute Gasteiger partial charge is 0.250 e.